The molecule has 0 aliphatic heterocycles. The van der Waals surface area contributed by atoms with Crippen LogP contribution in [-0.2, 0) is 21.2 Å². The minimum Gasteiger partial charge on any atom is -0.326 e. The molecule has 2 rings (SSSR count). The van der Waals surface area contributed by atoms with Crippen molar-refractivity contribution in [3.63, 3.8) is 0 Å². The van der Waals surface area contributed by atoms with Gasteiger partial charge in [0.2, 0.25) is 15.9 Å². The van der Waals surface area contributed by atoms with Gasteiger partial charge in [0.1, 0.15) is 5.82 Å². The van der Waals surface area contributed by atoms with Crippen molar-refractivity contribution in [3.8, 4) is 0 Å². The van der Waals surface area contributed by atoms with Crippen LogP contribution in [0.25, 0.3) is 0 Å². The lowest BCUT2D eigenvalue weighted by Crippen LogP contribution is -2.31. The van der Waals surface area contributed by atoms with Gasteiger partial charge in [0, 0.05) is 18.7 Å². The van der Waals surface area contributed by atoms with Crippen molar-refractivity contribution < 1.29 is 17.6 Å². The van der Waals surface area contributed by atoms with Crippen molar-refractivity contribution in [2.75, 3.05) is 22.4 Å². The van der Waals surface area contributed by atoms with Crippen LogP contribution in [-0.4, -0.2) is 27.1 Å². The molecule has 0 saturated carbocycles. The molecule has 0 aliphatic carbocycles. The van der Waals surface area contributed by atoms with E-state index in [0.29, 0.717) is 17.8 Å². The number of aryl methyl sites for hydroxylation is 1. The smallest absolute Gasteiger partial charge is 0.232 e. The average molecular weight is 378 g/mol. The van der Waals surface area contributed by atoms with E-state index in [0.717, 1.165) is 18.2 Å². The molecule has 2 aromatic carbocycles. The van der Waals surface area contributed by atoms with Crippen LogP contribution >= 0.6 is 0 Å². The van der Waals surface area contributed by atoms with E-state index in [4.69, 9.17) is 0 Å². The fourth-order valence-corrected chi connectivity index (χ4v) is 3.49. The highest BCUT2D eigenvalue weighted by molar-refractivity contribution is 7.92. The molecule has 140 valence electrons. The molecule has 0 aliphatic rings. The second kappa shape index (κ2) is 8.80. The first-order valence-corrected chi connectivity index (χ1v) is 10.3. The maximum absolute atomic E-state index is 12.9. The molecule has 0 heterocycles. The van der Waals surface area contributed by atoms with Crippen LogP contribution < -0.4 is 9.62 Å². The van der Waals surface area contributed by atoms with Crippen LogP contribution in [0.3, 0.4) is 0 Å². The lowest BCUT2D eigenvalue weighted by Gasteiger charge is -2.22. The summed E-state index contributed by atoms with van der Waals surface area (Å²) in [5.74, 6) is -0.618. The Bertz CT molecular complexity index is 834. The van der Waals surface area contributed by atoms with Gasteiger partial charge in [-0.2, -0.15) is 0 Å². The SMILES string of the molecule is CCc1ccc(N(CCCC(=O)Nc2ccc(F)cc2)S(C)(=O)=O)cc1. The van der Waals surface area contributed by atoms with E-state index in [9.17, 15) is 17.6 Å². The molecule has 0 atom stereocenters. The highest BCUT2D eigenvalue weighted by atomic mass is 32.2. The van der Waals surface area contributed by atoms with Gasteiger partial charge in [0.25, 0.3) is 0 Å². The third-order valence-corrected chi connectivity index (χ3v) is 5.12. The molecule has 5 nitrogen and oxygen atoms in total. The molecule has 1 N–H and O–H groups in total. The van der Waals surface area contributed by atoms with Crippen molar-refractivity contribution in [1.82, 2.24) is 0 Å². The number of nitrogens with zero attached hydrogens (tertiary/aromatic N) is 1. The van der Waals surface area contributed by atoms with E-state index in [1.165, 1.54) is 28.6 Å². The minimum absolute atomic E-state index is 0.163. The van der Waals surface area contributed by atoms with Crippen molar-refractivity contribution in [2.24, 2.45) is 0 Å². The monoisotopic (exact) mass is 378 g/mol. The van der Waals surface area contributed by atoms with Gasteiger partial charge in [-0.25, -0.2) is 12.8 Å². The summed E-state index contributed by atoms with van der Waals surface area (Å²) in [6.45, 7) is 2.24. The first kappa shape index (κ1) is 19.9. The van der Waals surface area contributed by atoms with E-state index in [1.807, 2.05) is 19.1 Å². The second-order valence-corrected chi connectivity index (χ2v) is 7.92. The summed E-state index contributed by atoms with van der Waals surface area (Å²) < 4.78 is 38.3. The van der Waals surface area contributed by atoms with Crippen LogP contribution in [0.5, 0.6) is 0 Å². The molecule has 0 unspecified atom stereocenters. The molecular weight excluding hydrogens is 355 g/mol. The first-order chi connectivity index (χ1) is 12.3. The van der Waals surface area contributed by atoms with E-state index in [1.54, 1.807) is 12.1 Å². The van der Waals surface area contributed by atoms with Gasteiger partial charge in [0.15, 0.2) is 0 Å². The van der Waals surface area contributed by atoms with Crippen LogP contribution in [0.1, 0.15) is 25.3 Å². The number of halogens is 1. The maximum Gasteiger partial charge on any atom is 0.232 e. The van der Waals surface area contributed by atoms with Crippen LogP contribution in [0, 0.1) is 5.82 Å². The summed E-state index contributed by atoms with van der Waals surface area (Å²) in [7, 11) is -3.44. The Kier molecular flexibility index (Phi) is 6.74. The van der Waals surface area contributed by atoms with Gasteiger partial charge in [-0.05, 0) is 54.8 Å². The zero-order valence-electron chi connectivity index (χ0n) is 14.9. The van der Waals surface area contributed by atoms with Crippen LogP contribution in [0.2, 0.25) is 0 Å². The number of hydrogen-bond acceptors (Lipinski definition) is 3. The zero-order valence-corrected chi connectivity index (χ0v) is 15.7. The summed E-state index contributed by atoms with van der Waals surface area (Å²) in [6.07, 6.45) is 2.56. The Labute approximate surface area is 153 Å². The Morgan fingerprint density at radius 1 is 1.08 bits per heavy atom. The van der Waals surface area contributed by atoms with E-state index < -0.39 is 10.0 Å². The average Bonchev–Trinajstić information content (AvgIpc) is 2.60. The molecule has 26 heavy (non-hydrogen) atoms. The van der Waals surface area contributed by atoms with E-state index in [-0.39, 0.29) is 24.7 Å². The Hall–Kier alpha value is -2.41. The third kappa shape index (κ3) is 5.84. The van der Waals surface area contributed by atoms with E-state index in [2.05, 4.69) is 5.32 Å². The quantitative estimate of drug-likeness (QED) is 0.764. The maximum atomic E-state index is 12.9. The van der Waals surface area contributed by atoms with E-state index >= 15 is 0 Å². The number of anilines is 2. The topological polar surface area (TPSA) is 66.5 Å². The van der Waals surface area contributed by atoms with Gasteiger partial charge in [-0.3, -0.25) is 9.10 Å². The Morgan fingerprint density at radius 2 is 1.69 bits per heavy atom. The second-order valence-electron chi connectivity index (χ2n) is 6.01. The minimum atomic E-state index is -3.44. The van der Waals surface area contributed by atoms with Gasteiger partial charge in [-0.1, -0.05) is 19.1 Å². The third-order valence-electron chi connectivity index (χ3n) is 3.93. The van der Waals surface area contributed by atoms with Gasteiger partial charge in [0.05, 0.1) is 11.9 Å². The van der Waals surface area contributed by atoms with Crippen LogP contribution in [0.15, 0.2) is 48.5 Å². The van der Waals surface area contributed by atoms with Gasteiger partial charge in [-0.15, -0.1) is 0 Å². The molecule has 0 radical (unpaired) electrons. The largest absolute Gasteiger partial charge is 0.326 e. The van der Waals surface area contributed by atoms with Crippen molar-refractivity contribution in [3.05, 3.63) is 59.9 Å². The number of carbonyl (C=O) groups excluding carboxylic acids is 1. The summed E-state index contributed by atoms with van der Waals surface area (Å²) in [5.41, 5.74) is 2.22. The summed E-state index contributed by atoms with van der Waals surface area (Å²) >= 11 is 0. The molecule has 2 aromatic rings. The standard InChI is InChI=1S/C19H23FN2O3S/c1-3-15-6-12-18(13-7-15)22(26(2,24)25)14-4-5-19(23)21-17-10-8-16(20)9-11-17/h6-13H,3-5,14H2,1-2H3,(H,21,23). The van der Waals surface area contributed by atoms with Crippen molar-refractivity contribution >= 4 is 27.3 Å². The molecule has 0 bridgehead atoms. The molecule has 7 heteroatoms. The normalized spacial score (nSPS) is 11.2. The van der Waals surface area contributed by atoms with Gasteiger partial charge >= 0.3 is 0 Å². The summed E-state index contributed by atoms with van der Waals surface area (Å²) in [5, 5.41) is 2.66. The highest BCUT2D eigenvalue weighted by Gasteiger charge is 2.17. The lowest BCUT2D eigenvalue weighted by atomic mass is 10.1. The number of amides is 1. The predicted octanol–water partition coefficient (Wildman–Crippen LogP) is 3.57. The fraction of sp³-hybridized carbons (Fsp3) is 0.316. The Morgan fingerprint density at radius 3 is 2.23 bits per heavy atom. The number of carbonyl (C=O) groups is 1. The highest BCUT2D eigenvalue weighted by Crippen LogP contribution is 2.19. The Balaban J connectivity index is 1.94. The first-order valence-electron chi connectivity index (χ1n) is 8.41. The fourth-order valence-electron chi connectivity index (χ4n) is 2.52. The zero-order chi connectivity index (χ0) is 19.2. The number of nitrogens with one attached hydrogen (secondary N) is 1. The van der Waals surface area contributed by atoms with Crippen molar-refractivity contribution in [2.45, 2.75) is 26.2 Å². The van der Waals surface area contributed by atoms with Crippen LogP contribution in [0.4, 0.5) is 15.8 Å². The number of sulfonamides is 1. The number of hydrogen-bond donors (Lipinski definition) is 1. The van der Waals surface area contributed by atoms with Crippen molar-refractivity contribution in [1.29, 1.82) is 0 Å². The lowest BCUT2D eigenvalue weighted by molar-refractivity contribution is -0.116. The number of rotatable bonds is 8. The predicted molar refractivity (Wildman–Crippen MR) is 102 cm³/mol. The molecular formula is C19H23FN2O3S. The molecule has 1 amide bonds. The number of benzene rings is 2. The molecule has 0 saturated heterocycles. The molecule has 0 fully saturated rings. The molecule has 0 aromatic heterocycles. The van der Waals surface area contributed by atoms with Gasteiger partial charge < -0.3 is 5.32 Å². The summed E-state index contributed by atoms with van der Waals surface area (Å²) in [6, 6.07) is 12.8. The summed E-state index contributed by atoms with van der Waals surface area (Å²) in [4.78, 5) is 12.0. The molecule has 0 spiro atoms.